The van der Waals surface area contributed by atoms with Crippen LogP contribution in [0, 0.1) is 23.0 Å². The lowest BCUT2D eigenvalue weighted by molar-refractivity contribution is 0.566. The normalized spacial score (nSPS) is 10.8. The van der Waals surface area contributed by atoms with E-state index in [2.05, 4.69) is 9.97 Å². The zero-order valence-corrected chi connectivity index (χ0v) is 12.9. The Bertz CT molecular complexity index is 1040. The number of thiophene rings is 1. The Hall–Kier alpha value is -2.44. The van der Waals surface area contributed by atoms with Gasteiger partial charge in [0, 0.05) is 11.3 Å². The lowest BCUT2D eigenvalue weighted by Crippen LogP contribution is -2.20. The number of hydrogen-bond acceptors (Lipinski definition) is 5. The molecule has 0 bridgehead atoms. The Kier molecular flexibility index (Phi) is 4.02. The van der Waals surface area contributed by atoms with Crippen LogP contribution in [-0.4, -0.2) is 9.97 Å². The number of aromatic nitrogens is 2. The predicted octanol–water partition coefficient (Wildman–Crippen LogP) is 2.72. The van der Waals surface area contributed by atoms with Gasteiger partial charge in [0.2, 0.25) is 0 Å². The van der Waals surface area contributed by atoms with Crippen LogP contribution >= 0.6 is 23.1 Å². The number of aromatic amines is 2. The highest BCUT2D eigenvalue weighted by molar-refractivity contribution is 8.00. The first kappa shape index (κ1) is 15.5. The highest BCUT2D eigenvalue weighted by Crippen LogP contribution is 2.37. The zero-order valence-electron chi connectivity index (χ0n) is 11.3. The van der Waals surface area contributed by atoms with Gasteiger partial charge in [-0.2, -0.15) is 5.26 Å². The molecule has 1 aromatic carbocycles. The van der Waals surface area contributed by atoms with Crippen LogP contribution in [0.3, 0.4) is 0 Å². The van der Waals surface area contributed by atoms with Crippen molar-refractivity contribution >= 4 is 33.3 Å². The van der Waals surface area contributed by atoms with Crippen LogP contribution in [0.25, 0.3) is 10.2 Å². The van der Waals surface area contributed by atoms with Gasteiger partial charge in [0.15, 0.2) is 0 Å². The van der Waals surface area contributed by atoms with Gasteiger partial charge in [-0.3, -0.25) is 9.78 Å². The number of thioether (sulfide) groups is 1. The minimum atomic E-state index is -0.714. The lowest BCUT2D eigenvalue weighted by atomic mass is 10.2. The Morgan fingerprint density at radius 1 is 1.22 bits per heavy atom. The molecule has 0 saturated heterocycles. The van der Waals surface area contributed by atoms with Crippen molar-refractivity contribution in [1.82, 2.24) is 9.97 Å². The largest absolute Gasteiger partial charge is 0.326 e. The highest BCUT2D eigenvalue weighted by atomic mass is 32.2. The Balaban J connectivity index is 2.04. The van der Waals surface area contributed by atoms with E-state index in [-0.39, 0.29) is 27.1 Å². The number of nitriles is 1. The van der Waals surface area contributed by atoms with E-state index in [0.29, 0.717) is 4.21 Å². The summed E-state index contributed by atoms with van der Waals surface area (Å²) in [6, 6.07) is 5.48. The van der Waals surface area contributed by atoms with E-state index < -0.39 is 22.9 Å². The molecule has 0 aliphatic carbocycles. The summed E-state index contributed by atoms with van der Waals surface area (Å²) in [6.07, 6.45) is 0. The van der Waals surface area contributed by atoms with E-state index in [1.54, 1.807) is 0 Å². The average Bonchev–Trinajstić information content (AvgIpc) is 2.84. The van der Waals surface area contributed by atoms with Crippen molar-refractivity contribution in [1.29, 1.82) is 5.26 Å². The summed E-state index contributed by atoms with van der Waals surface area (Å²) >= 11 is 2.03. The fourth-order valence-corrected chi connectivity index (χ4v) is 4.35. The number of fused-ring (bicyclic) bond motifs is 1. The maximum atomic E-state index is 13.6. The minimum absolute atomic E-state index is 0.0395. The topological polar surface area (TPSA) is 89.5 Å². The second-order valence-corrected chi connectivity index (χ2v) is 6.74. The molecule has 0 unspecified atom stereocenters. The van der Waals surface area contributed by atoms with E-state index >= 15 is 0 Å². The van der Waals surface area contributed by atoms with Gasteiger partial charge in [-0.05, 0) is 12.1 Å². The lowest BCUT2D eigenvalue weighted by Gasteiger charge is -2.03. The molecule has 0 spiro atoms. The van der Waals surface area contributed by atoms with Crippen LogP contribution in [0.4, 0.5) is 8.78 Å². The Labute approximate surface area is 135 Å². The fourth-order valence-electron chi connectivity index (χ4n) is 2.01. The number of halogens is 2. The molecule has 0 atom stereocenters. The summed E-state index contributed by atoms with van der Waals surface area (Å²) in [7, 11) is 0. The van der Waals surface area contributed by atoms with Crippen molar-refractivity contribution < 1.29 is 8.78 Å². The van der Waals surface area contributed by atoms with Crippen LogP contribution in [-0.2, 0) is 5.75 Å². The quantitative estimate of drug-likeness (QED) is 0.710. The standard InChI is InChI=1S/C14H7F2N3O2S2/c15-8-2-1-3-9(16)7(8)5-22-13-6(4-17)10-11(23-13)12(20)19-14(21)18-10/h1-3H,5H2,(H2,18,19,20,21). The number of rotatable bonds is 3. The minimum Gasteiger partial charge on any atom is -0.305 e. The van der Waals surface area contributed by atoms with Gasteiger partial charge in [0.05, 0.1) is 9.73 Å². The van der Waals surface area contributed by atoms with Crippen LogP contribution < -0.4 is 11.2 Å². The predicted molar refractivity (Wildman–Crippen MR) is 83.7 cm³/mol. The van der Waals surface area contributed by atoms with E-state index in [0.717, 1.165) is 35.2 Å². The number of nitrogens with one attached hydrogen (secondary N) is 2. The second-order valence-electron chi connectivity index (χ2n) is 4.48. The third kappa shape index (κ3) is 2.78. The fraction of sp³-hybridized carbons (Fsp3) is 0.0714. The van der Waals surface area contributed by atoms with Crippen LogP contribution in [0.2, 0.25) is 0 Å². The van der Waals surface area contributed by atoms with Crippen molar-refractivity contribution in [3.8, 4) is 6.07 Å². The molecule has 3 aromatic rings. The molecule has 2 N–H and O–H groups in total. The van der Waals surface area contributed by atoms with Gasteiger partial charge < -0.3 is 4.98 Å². The molecule has 0 saturated carbocycles. The van der Waals surface area contributed by atoms with E-state index in [9.17, 15) is 23.6 Å². The van der Waals surface area contributed by atoms with Crippen LogP contribution in [0.5, 0.6) is 0 Å². The van der Waals surface area contributed by atoms with Gasteiger partial charge in [0.1, 0.15) is 28.0 Å². The number of hydrogen-bond donors (Lipinski definition) is 2. The monoisotopic (exact) mass is 351 g/mol. The molecule has 0 fully saturated rings. The second kappa shape index (κ2) is 5.98. The van der Waals surface area contributed by atoms with Gasteiger partial charge in [-0.15, -0.1) is 23.1 Å². The van der Waals surface area contributed by atoms with E-state index in [4.69, 9.17) is 0 Å². The van der Waals surface area contributed by atoms with Crippen molar-refractivity contribution in [2.45, 2.75) is 9.96 Å². The molecule has 116 valence electrons. The smallest absolute Gasteiger partial charge is 0.305 e. The van der Waals surface area contributed by atoms with Gasteiger partial charge in [0.25, 0.3) is 5.56 Å². The third-order valence-corrected chi connectivity index (χ3v) is 5.55. The van der Waals surface area contributed by atoms with Crippen molar-refractivity contribution in [2.75, 3.05) is 0 Å². The maximum Gasteiger partial charge on any atom is 0.326 e. The molecule has 2 heterocycles. The first-order valence-corrected chi connectivity index (χ1v) is 8.06. The summed E-state index contributed by atoms with van der Waals surface area (Å²) in [5.74, 6) is -1.39. The van der Waals surface area contributed by atoms with E-state index in [1.807, 2.05) is 6.07 Å². The summed E-state index contributed by atoms with van der Waals surface area (Å²) in [5.41, 5.74) is -1.17. The molecule has 5 nitrogen and oxygen atoms in total. The molecule has 0 aliphatic heterocycles. The molecule has 2 aromatic heterocycles. The Morgan fingerprint density at radius 2 is 1.91 bits per heavy atom. The summed E-state index contributed by atoms with van der Waals surface area (Å²) in [5, 5.41) is 9.25. The van der Waals surface area contributed by atoms with Gasteiger partial charge in [-0.1, -0.05) is 6.07 Å². The van der Waals surface area contributed by atoms with E-state index in [1.165, 1.54) is 6.07 Å². The summed E-state index contributed by atoms with van der Waals surface area (Å²) < 4.78 is 27.9. The summed E-state index contributed by atoms with van der Waals surface area (Å²) in [6.45, 7) is 0. The average molecular weight is 351 g/mol. The summed E-state index contributed by atoms with van der Waals surface area (Å²) in [4.78, 5) is 27.6. The molecule has 23 heavy (non-hydrogen) atoms. The van der Waals surface area contributed by atoms with Gasteiger partial charge in [-0.25, -0.2) is 13.6 Å². The van der Waals surface area contributed by atoms with Crippen LogP contribution in [0.1, 0.15) is 11.1 Å². The number of nitrogens with zero attached hydrogens (tertiary/aromatic N) is 1. The highest BCUT2D eigenvalue weighted by Gasteiger charge is 2.17. The zero-order chi connectivity index (χ0) is 16.6. The SMILES string of the molecule is N#Cc1c(SCc2c(F)cccc2F)sc2c(=O)[nH]c(=O)[nH]c12. The molecule has 9 heteroatoms. The van der Waals surface area contributed by atoms with Crippen LogP contribution in [0.15, 0.2) is 32.0 Å². The molecular weight excluding hydrogens is 344 g/mol. The molecule has 0 amide bonds. The molecule has 0 aliphatic rings. The molecule has 3 rings (SSSR count). The van der Waals surface area contributed by atoms with Crippen molar-refractivity contribution in [2.24, 2.45) is 0 Å². The van der Waals surface area contributed by atoms with Crippen molar-refractivity contribution in [3.05, 3.63) is 61.8 Å². The van der Waals surface area contributed by atoms with Gasteiger partial charge >= 0.3 is 5.69 Å². The maximum absolute atomic E-state index is 13.6. The first-order chi connectivity index (χ1) is 11.0. The molecular formula is C14H7F2N3O2S2. The van der Waals surface area contributed by atoms with Crippen molar-refractivity contribution in [3.63, 3.8) is 0 Å². The number of H-pyrrole nitrogens is 2. The number of benzene rings is 1. The first-order valence-electron chi connectivity index (χ1n) is 6.26. The molecule has 0 radical (unpaired) electrons. The Morgan fingerprint density at radius 3 is 2.57 bits per heavy atom. The third-order valence-electron chi connectivity index (χ3n) is 3.07.